The fraction of sp³-hybridized carbons (Fsp3) is 0.889. The SMILES string of the molecule is CC1(CCCC(F)(F)F)N[C@H](C(=O)O)CS1. The molecule has 1 aliphatic heterocycles. The minimum absolute atomic E-state index is 0.0202. The molecule has 0 bridgehead atoms. The lowest BCUT2D eigenvalue weighted by molar-refractivity contribution is -0.139. The molecule has 3 nitrogen and oxygen atoms in total. The number of hydrogen-bond acceptors (Lipinski definition) is 3. The smallest absolute Gasteiger partial charge is 0.389 e. The van der Waals surface area contributed by atoms with Crippen LogP contribution in [0.2, 0.25) is 0 Å². The first kappa shape index (κ1) is 13.6. The van der Waals surface area contributed by atoms with Crippen LogP contribution in [0.4, 0.5) is 13.2 Å². The molecular weight excluding hydrogens is 243 g/mol. The third kappa shape index (κ3) is 4.21. The van der Waals surface area contributed by atoms with Crippen molar-refractivity contribution in [1.29, 1.82) is 0 Å². The Morgan fingerprint density at radius 1 is 1.62 bits per heavy atom. The summed E-state index contributed by atoms with van der Waals surface area (Å²) in [7, 11) is 0. The minimum atomic E-state index is -4.13. The second kappa shape index (κ2) is 4.83. The molecule has 1 aliphatic rings. The molecule has 1 heterocycles. The van der Waals surface area contributed by atoms with E-state index in [1.54, 1.807) is 6.92 Å². The van der Waals surface area contributed by atoms with E-state index in [4.69, 9.17) is 5.11 Å². The molecule has 0 radical (unpaired) electrons. The Balaban J connectivity index is 2.35. The lowest BCUT2D eigenvalue weighted by Crippen LogP contribution is -2.43. The monoisotopic (exact) mass is 257 g/mol. The van der Waals surface area contributed by atoms with E-state index in [-0.39, 0.29) is 6.42 Å². The first-order valence-electron chi connectivity index (χ1n) is 4.93. The summed E-state index contributed by atoms with van der Waals surface area (Å²) in [5.74, 6) is -0.551. The molecule has 1 unspecified atom stereocenters. The van der Waals surface area contributed by atoms with Gasteiger partial charge in [-0.3, -0.25) is 10.1 Å². The first-order valence-corrected chi connectivity index (χ1v) is 5.92. The van der Waals surface area contributed by atoms with Gasteiger partial charge in [0.2, 0.25) is 0 Å². The van der Waals surface area contributed by atoms with Crippen molar-refractivity contribution in [3.05, 3.63) is 0 Å². The average Bonchev–Trinajstić information content (AvgIpc) is 2.46. The molecule has 0 aromatic heterocycles. The van der Waals surface area contributed by atoms with E-state index in [1.807, 2.05) is 0 Å². The molecule has 0 amide bonds. The Hall–Kier alpha value is -0.430. The summed E-state index contributed by atoms with van der Waals surface area (Å²) in [5.41, 5.74) is 0. The Bertz CT molecular complexity index is 272. The molecule has 0 aromatic carbocycles. The highest BCUT2D eigenvalue weighted by Gasteiger charge is 2.38. The van der Waals surface area contributed by atoms with E-state index in [2.05, 4.69) is 5.32 Å². The van der Waals surface area contributed by atoms with Crippen LogP contribution in [0, 0.1) is 0 Å². The molecule has 16 heavy (non-hydrogen) atoms. The highest BCUT2D eigenvalue weighted by atomic mass is 32.2. The number of carbonyl (C=O) groups is 1. The standard InChI is InChI=1S/C9H14F3NO2S/c1-8(3-2-4-9(10,11)12)13-6(5-16-8)7(14)15/h6,13H,2-5H2,1H3,(H,14,15)/t6-,8?/m0/s1. The highest BCUT2D eigenvalue weighted by molar-refractivity contribution is 8.00. The zero-order chi connectivity index (χ0) is 12.4. The third-order valence-corrected chi connectivity index (χ3v) is 3.92. The molecule has 2 atom stereocenters. The van der Waals surface area contributed by atoms with Crippen molar-refractivity contribution in [2.24, 2.45) is 0 Å². The highest BCUT2D eigenvalue weighted by Crippen LogP contribution is 2.35. The van der Waals surface area contributed by atoms with Gasteiger partial charge in [-0.15, -0.1) is 11.8 Å². The van der Waals surface area contributed by atoms with Crippen molar-refractivity contribution in [3.63, 3.8) is 0 Å². The minimum Gasteiger partial charge on any atom is -0.480 e. The molecule has 1 saturated heterocycles. The van der Waals surface area contributed by atoms with Gasteiger partial charge in [-0.2, -0.15) is 13.2 Å². The molecule has 0 aliphatic carbocycles. The first-order chi connectivity index (χ1) is 7.22. The van der Waals surface area contributed by atoms with Crippen molar-refractivity contribution < 1.29 is 23.1 Å². The van der Waals surface area contributed by atoms with Crippen LogP contribution < -0.4 is 5.32 Å². The quantitative estimate of drug-likeness (QED) is 0.810. The van der Waals surface area contributed by atoms with Crippen LogP contribution in [-0.4, -0.2) is 33.9 Å². The van der Waals surface area contributed by atoms with E-state index >= 15 is 0 Å². The van der Waals surface area contributed by atoms with Gasteiger partial charge in [0.05, 0.1) is 4.87 Å². The molecule has 0 aromatic rings. The third-order valence-electron chi connectivity index (χ3n) is 2.46. The predicted molar refractivity (Wildman–Crippen MR) is 55.3 cm³/mol. The van der Waals surface area contributed by atoms with Gasteiger partial charge in [0.1, 0.15) is 6.04 Å². The average molecular weight is 257 g/mol. The predicted octanol–water partition coefficient (Wildman–Crippen LogP) is 2.22. The van der Waals surface area contributed by atoms with Gasteiger partial charge in [-0.25, -0.2) is 0 Å². The molecule has 2 N–H and O–H groups in total. The molecule has 0 spiro atoms. The number of nitrogens with one attached hydrogen (secondary N) is 1. The fourth-order valence-electron chi connectivity index (χ4n) is 1.62. The van der Waals surface area contributed by atoms with Crippen LogP contribution in [0.5, 0.6) is 0 Å². The van der Waals surface area contributed by atoms with E-state index in [9.17, 15) is 18.0 Å². The van der Waals surface area contributed by atoms with Crippen LogP contribution in [0.15, 0.2) is 0 Å². The van der Waals surface area contributed by atoms with E-state index in [0.29, 0.717) is 12.2 Å². The zero-order valence-electron chi connectivity index (χ0n) is 8.80. The van der Waals surface area contributed by atoms with E-state index in [0.717, 1.165) is 0 Å². The summed E-state index contributed by atoms with van der Waals surface area (Å²) in [6, 6.07) is -0.652. The Kier molecular flexibility index (Phi) is 4.12. The Morgan fingerprint density at radius 2 is 2.25 bits per heavy atom. The zero-order valence-corrected chi connectivity index (χ0v) is 9.62. The van der Waals surface area contributed by atoms with Crippen LogP contribution >= 0.6 is 11.8 Å². The van der Waals surface area contributed by atoms with Gasteiger partial charge in [0.15, 0.2) is 0 Å². The van der Waals surface area contributed by atoms with Crippen LogP contribution in [0.3, 0.4) is 0 Å². The maximum absolute atomic E-state index is 11.9. The second-order valence-electron chi connectivity index (χ2n) is 4.05. The summed E-state index contributed by atoms with van der Waals surface area (Å²) in [6.07, 6.45) is -4.61. The molecular formula is C9H14F3NO2S. The summed E-state index contributed by atoms with van der Waals surface area (Å²) >= 11 is 1.37. The number of rotatable bonds is 4. The topological polar surface area (TPSA) is 49.3 Å². The fourth-order valence-corrected chi connectivity index (χ4v) is 2.90. The number of carboxylic acid groups (broad SMARTS) is 1. The maximum atomic E-state index is 11.9. The van der Waals surface area contributed by atoms with Crippen molar-refractivity contribution in [2.75, 3.05) is 5.75 Å². The van der Waals surface area contributed by atoms with E-state index < -0.39 is 29.5 Å². The van der Waals surface area contributed by atoms with Gasteiger partial charge < -0.3 is 5.11 Å². The maximum Gasteiger partial charge on any atom is 0.389 e. The van der Waals surface area contributed by atoms with Gasteiger partial charge in [-0.05, 0) is 19.8 Å². The van der Waals surface area contributed by atoms with Crippen molar-refractivity contribution in [3.8, 4) is 0 Å². The van der Waals surface area contributed by atoms with Crippen LogP contribution in [-0.2, 0) is 4.79 Å². The molecule has 7 heteroatoms. The largest absolute Gasteiger partial charge is 0.480 e. The second-order valence-corrected chi connectivity index (χ2v) is 5.57. The number of aliphatic carboxylic acids is 1. The normalized spacial score (nSPS) is 30.6. The Morgan fingerprint density at radius 3 is 2.69 bits per heavy atom. The summed E-state index contributed by atoms with van der Waals surface area (Å²) in [4.78, 5) is 10.1. The number of hydrogen-bond donors (Lipinski definition) is 2. The molecule has 0 saturated carbocycles. The van der Waals surface area contributed by atoms with Gasteiger partial charge in [-0.1, -0.05) is 0 Å². The van der Waals surface area contributed by atoms with E-state index in [1.165, 1.54) is 11.8 Å². The van der Waals surface area contributed by atoms with Crippen molar-refractivity contribution in [2.45, 2.75) is 43.3 Å². The van der Waals surface area contributed by atoms with Crippen LogP contribution in [0.25, 0.3) is 0 Å². The number of carboxylic acids is 1. The van der Waals surface area contributed by atoms with Crippen molar-refractivity contribution >= 4 is 17.7 Å². The van der Waals surface area contributed by atoms with Gasteiger partial charge in [0, 0.05) is 12.2 Å². The summed E-state index contributed by atoms with van der Waals surface area (Å²) in [6.45, 7) is 1.75. The lowest BCUT2D eigenvalue weighted by atomic mass is 10.1. The lowest BCUT2D eigenvalue weighted by Gasteiger charge is -2.24. The Labute approximate surface area is 95.8 Å². The van der Waals surface area contributed by atoms with Crippen molar-refractivity contribution in [1.82, 2.24) is 5.32 Å². The molecule has 94 valence electrons. The molecule has 1 fully saturated rings. The number of thioether (sulfide) groups is 1. The van der Waals surface area contributed by atoms with Gasteiger partial charge in [0.25, 0.3) is 0 Å². The van der Waals surface area contributed by atoms with Gasteiger partial charge >= 0.3 is 12.1 Å². The summed E-state index contributed by atoms with van der Waals surface area (Å²) in [5, 5.41) is 11.6. The molecule has 1 rings (SSSR count). The summed E-state index contributed by atoms with van der Waals surface area (Å²) < 4.78 is 35.8. The number of halogens is 3. The van der Waals surface area contributed by atoms with Crippen LogP contribution in [0.1, 0.15) is 26.2 Å². The number of alkyl halides is 3.